The normalized spacial score (nSPS) is 21.6. The molecule has 4 aliphatic rings. The van der Waals surface area contributed by atoms with Gasteiger partial charge in [-0.1, -0.05) is 32.6 Å². The molecule has 12 nitrogen and oxygen atoms in total. The molecule has 10 atom stereocenters. The second kappa shape index (κ2) is 34.5. The first-order chi connectivity index (χ1) is 39.1. The van der Waals surface area contributed by atoms with Crippen molar-refractivity contribution in [3.63, 3.8) is 0 Å². The van der Waals surface area contributed by atoms with Gasteiger partial charge in [-0.15, -0.1) is 0 Å². The van der Waals surface area contributed by atoms with Gasteiger partial charge in [-0.25, -0.2) is 14.4 Å². The number of fused-ring (bicyclic) bond motifs is 5. The number of hydrogen-bond donors (Lipinski definition) is 0. The fourth-order valence-corrected chi connectivity index (χ4v) is 11.0. The molecule has 4 fully saturated rings. The summed E-state index contributed by atoms with van der Waals surface area (Å²) in [6, 6.07) is 0. The minimum Gasteiger partial charge on any atom is -0.455 e. The Morgan fingerprint density at radius 2 is 0.901 bits per heavy atom. The lowest BCUT2D eigenvalue weighted by Crippen LogP contribution is -2.54. The molecule has 81 heavy (non-hydrogen) atoms. The zero-order valence-electron chi connectivity index (χ0n) is 46.3. The molecule has 0 N–H and O–H groups in total. The monoisotopic (exact) mass is 1080 g/mol. The number of ether oxygens (including phenoxy) is 6. The third-order valence-electron chi connectivity index (χ3n) is 14.3. The van der Waals surface area contributed by atoms with Crippen molar-refractivity contribution in [3.05, 3.63) is 0 Å². The molecule has 12 heteroatoms. The van der Waals surface area contributed by atoms with Crippen LogP contribution in [-0.4, -0.2) is 67.5 Å². The SMILES string of the molecule is CC#CC#CC#CC#CC#CC#CC#CC#CC(=O)OCC(COC(=O)C#CC#CC#CC#CC#CC#CC#CC#CC)OC(=O)CC(C)CC(=O)OC(C)OC(=O)O[C@@H]1CC[C@@]2(C)[C@@H](CC[C@@H]3[C@@H]2CC[C@]2(C)[C@@H](C(C)=O)CC[C@@H]32)C1. The number of rotatable bonds is 13. The molecular weight excluding hydrogens is 1020 g/mol. The summed E-state index contributed by atoms with van der Waals surface area (Å²) in [4.78, 5) is 76.3. The predicted molar refractivity (Wildman–Crippen MR) is 299 cm³/mol. The molecule has 0 aromatic heterocycles. The van der Waals surface area contributed by atoms with Gasteiger partial charge in [-0.05, 0) is 285 Å². The van der Waals surface area contributed by atoms with E-state index in [1.54, 1.807) is 27.7 Å². The van der Waals surface area contributed by atoms with Crippen LogP contribution in [0.2, 0.25) is 0 Å². The fraction of sp³-hybridized carbons (Fsp3) is 0.449. The van der Waals surface area contributed by atoms with Crippen molar-refractivity contribution in [1.29, 1.82) is 0 Å². The van der Waals surface area contributed by atoms with Crippen molar-refractivity contribution in [2.45, 2.75) is 138 Å². The molecule has 0 aromatic carbocycles. The summed E-state index contributed by atoms with van der Waals surface area (Å²) in [6.45, 7) is 11.6. The van der Waals surface area contributed by atoms with Crippen molar-refractivity contribution in [1.82, 2.24) is 0 Å². The molecule has 0 spiro atoms. The number of esters is 4. The van der Waals surface area contributed by atoms with Crippen LogP contribution in [-0.2, 0) is 52.4 Å². The third-order valence-corrected chi connectivity index (χ3v) is 14.3. The molecule has 4 rings (SSSR count). The minimum atomic E-state index is -1.33. The number of carbonyl (C=O) groups excluding carboxylic acids is 6. The maximum atomic E-state index is 13.1. The lowest BCUT2D eigenvalue weighted by molar-refractivity contribution is -0.173. The van der Waals surface area contributed by atoms with E-state index in [9.17, 15) is 28.8 Å². The number of hydrogen-bond acceptors (Lipinski definition) is 12. The molecule has 0 radical (unpaired) electrons. The van der Waals surface area contributed by atoms with Crippen LogP contribution in [0.3, 0.4) is 0 Å². The van der Waals surface area contributed by atoms with Gasteiger partial charge in [0.15, 0.2) is 6.10 Å². The predicted octanol–water partition coefficient (Wildman–Crippen LogP) is 6.15. The maximum Gasteiger partial charge on any atom is 0.511 e. The Balaban J connectivity index is 1.26. The van der Waals surface area contributed by atoms with Gasteiger partial charge < -0.3 is 28.4 Å². The molecule has 0 heterocycles. The van der Waals surface area contributed by atoms with Gasteiger partial charge in [0.05, 0.1) is 0 Å². The second-order valence-electron chi connectivity index (χ2n) is 19.5. The summed E-state index contributed by atoms with van der Waals surface area (Å²) in [5.41, 5.74) is 0.231. The molecule has 404 valence electrons. The highest BCUT2D eigenvalue weighted by atomic mass is 16.8. The van der Waals surface area contributed by atoms with Gasteiger partial charge in [0, 0.05) is 37.5 Å². The second-order valence-corrected chi connectivity index (χ2v) is 19.5. The summed E-state index contributed by atoms with van der Waals surface area (Å²) in [6.07, 6.45) is 4.44. The molecule has 4 saturated carbocycles. The van der Waals surface area contributed by atoms with Crippen molar-refractivity contribution >= 4 is 35.8 Å². The molecular formula is C69H56O12. The molecule has 2 unspecified atom stereocenters. The first kappa shape index (κ1) is 63.3. The maximum absolute atomic E-state index is 13.1. The molecule has 0 saturated heterocycles. The third kappa shape index (κ3) is 22.3. The van der Waals surface area contributed by atoms with Crippen molar-refractivity contribution < 1.29 is 57.2 Å². The van der Waals surface area contributed by atoms with Gasteiger partial charge in [-0.3, -0.25) is 14.4 Å². The Morgan fingerprint density at radius 3 is 1.36 bits per heavy atom. The van der Waals surface area contributed by atoms with Crippen molar-refractivity contribution in [2.24, 2.45) is 46.3 Å². The number of carbonyl (C=O) groups is 6. The Bertz CT molecular complexity index is 3390. The molecule has 4 aliphatic carbocycles. The Kier molecular flexibility index (Phi) is 27.0. The molecule has 0 aromatic rings. The lowest BCUT2D eigenvalue weighted by Gasteiger charge is -2.61. The number of Topliss-reactive ketones (excluding diaryl/α,β-unsaturated/α-hetero) is 1. The zero-order valence-corrected chi connectivity index (χ0v) is 46.3. The van der Waals surface area contributed by atoms with Crippen molar-refractivity contribution in [2.75, 3.05) is 13.2 Å². The number of ketones is 1. The van der Waals surface area contributed by atoms with Crippen LogP contribution in [0, 0.1) is 236 Å². The first-order valence-electron chi connectivity index (χ1n) is 26.0. The van der Waals surface area contributed by atoms with Gasteiger partial charge >= 0.3 is 30.0 Å². The quantitative estimate of drug-likeness (QED) is 0.0683. The van der Waals surface area contributed by atoms with Crippen LogP contribution in [0.5, 0.6) is 0 Å². The average Bonchev–Trinajstić information content (AvgIpc) is 3.87. The largest absolute Gasteiger partial charge is 0.511 e. The Labute approximate surface area is 477 Å². The Morgan fingerprint density at radius 1 is 0.481 bits per heavy atom. The van der Waals surface area contributed by atoms with Gasteiger partial charge in [0.2, 0.25) is 6.29 Å². The highest BCUT2D eigenvalue weighted by Crippen LogP contribution is 2.67. The van der Waals surface area contributed by atoms with Crippen LogP contribution >= 0.6 is 0 Å². The highest BCUT2D eigenvalue weighted by molar-refractivity contribution is 5.89. The zero-order chi connectivity index (χ0) is 58.7. The average molecular weight is 1080 g/mol. The summed E-state index contributed by atoms with van der Waals surface area (Å²) in [5.74, 6) is 76.2. The summed E-state index contributed by atoms with van der Waals surface area (Å²) < 4.78 is 32.1. The highest BCUT2D eigenvalue weighted by Gasteiger charge is 2.61. The molecule has 0 bridgehead atoms. The van der Waals surface area contributed by atoms with E-state index in [-0.39, 0.29) is 35.7 Å². The standard InChI is InChI=1S/C69H56O12/c1-8-10-12-14-16-18-20-22-24-26-28-30-32-34-36-38-63(71)76-51-58(52-77-64(72)39-37-35-33-31-29-27-25-23-21-19-17-15-13-11-9-2)80-66(74)49-53(3)48-65(73)78-55(5)79-67(75)81-57-44-46-68(6)56(50-57)40-41-59-61-43-42-60(54(4)70)69(61,7)47-45-62(59)68/h53,55-62H,40-52H2,1-7H3/t53?,55?,56-,57+,59-,60+,61-,62-,68-,69+/m0/s1. The van der Waals surface area contributed by atoms with E-state index in [0.717, 1.165) is 51.4 Å². The van der Waals surface area contributed by atoms with Crippen LogP contribution in [0.15, 0.2) is 0 Å². The van der Waals surface area contributed by atoms with Crippen LogP contribution in [0.1, 0.15) is 119 Å². The van der Waals surface area contributed by atoms with Gasteiger partial charge in [0.25, 0.3) is 0 Å². The Hall–Kier alpha value is -10.2. The topological polar surface area (TPSA) is 158 Å². The van der Waals surface area contributed by atoms with E-state index in [1.165, 1.54) is 6.92 Å². The smallest absolute Gasteiger partial charge is 0.455 e. The van der Waals surface area contributed by atoms with Gasteiger partial charge in [-0.2, -0.15) is 0 Å². The summed E-state index contributed by atoms with van der Waals surface area (Å²) >= 11 is 0. The summed E-state index contributed by atoms with van der Waals surface area (Å²) in [5, 5.41) is 0. The molecule has 0 amide bonds. The first-order valence-corrected chi connectivity index (χ1v) is 26.0. The van der Waals surface area contributed by atoms with Gasteiger partial charge in [0.1, 0.15) is 25.1 Å². The van der Waals surface area contributed by atoms with E-state index in [0.29, 0.717) is 35.9 Å². The van der Waals surface area contributed by atoms with E-state index < -0.39 is 61.6 Å². The van der Waals surface area contributed by atoms with E-state index >= 15 is 0 Å². The van der Waals surface area contributed by atoms with Crippen LogP contribution in [0.4, 0.5) is 4.79 Å². The van der Waals surface area contributed by atoms with Crippen LogP contribution in [0.25, 0.3) is 0 Å². The lowest BCUT2D eigenvalue weighted by atomic mass is 9.44. The van der Waals surface area contributed by atoms with E-state index in [2.05, 4.69) is 203 Å². The van der Waals surface area contributed by atoms with Crippen molar-refractivity contribution in [3.8, 4) is 189 Å². The minimum absolute atomic E-state index is 0.0922. The van der Waals surface area contributed by atoms with Crippen LogP contribution < -0.4 is 0 Å². The molecule has 0 aliphatic heterocycles. The van der Waals surface area contributed by atoms with E-state index in [4.69, 9.17) is 28.4 Å². The van der Waals surface area contributed by atoms with E-state index in [1.807, 2.05) is 0 Å². The summed E-state index contributed by atoms with van der Waals surface area (Å²) in [7, 11) is 0. The fourth-order valence-electron chi connectivity index (χ4n) is 11.0.